The van der Waals surface area contributed by atoms with Crippen molar-refractivity contribution in [3.63, 3.8) is 0 Å². The first-order chi connectivity index (χ1) is 7.17. The summed E-state index contributed by atoms with van der Waals surface area (Å²) in [6, 6.07) is 0.266. The molecular formula is C11H15N3S. The summed E-state index contributed by atoms with van der Waals surface area (Å²) in [5.74, 6) is 0. The van der Waals surface area contributed by atoms with Crippen molar-refractivity contribution in [2.45, 2.75) is 32.2 Å². The number of rotatable bonds is 3. The quantitative estimate of drug-likeness (QED) is 0.862. The van der Waals surface area contributed by atoms with Crippen molar-refractivity contribution in [2.24, 2.45) is 11.1 Å². The lowest BCUT2D eigenvalue weighted by atomic mass is 9.96. The van der Waals surface area contributed by atoms with E-state index in [4.69, 9.17) is 5.73 Å². The van der Waals surface area contributed by atoms with Crippen molar-refractivity contribution < 1.29 is 0 Å². The van der Waals surface area contributed by atoms with Gasteiger partial charge in [-0.05, 0) is 18.3 Å². The summed E-state index contributed by atoms with van der Waals surface area (Å²) in [6.45, 7) is 2.27. The Bertz CT molecular complexity index is 452. The number of aromatic nitrogens is 2. The first kappa shape index (κ1) is 9.36. The minimum atomic E-state index is 0.266. The van der Waals surface area contributed by atoms with Crippen LogP contribution in [0.1, 0.15) is 25.5 Å². The van der Waals surface area contributed by atoms with Crippen LogP contribution in [0.3, 0.4) is 0 Å². The molecule has 2 heterocycles. The van der Waals surface area contributed by atoms with Crippen molar-refractivity contribution in [1.29, 1.82) is 0 Å². The number of nitrogens with two attached hydrogens (primary N) is 1. The third-order valence-electron chi connectivity index (χ3n) is 3.51. The van der Waals surface area contributed by atoms with Crippen LogP contribution in [0.5, 0.6) is 0 Å². The molecule has 2 N–H and O–H groups in total. The largest absolute Gasteiger partial charge is 0.327 e. The van der Waals surface area contributed by atoms with Crippen molar-refractivity contribution in [1.82, 2.24) is 9.38 Å². The molecule has 0 amide bonds. The molecule has 1 aliphatic carbocycles. The average Bonchev–Trinajstić information content (AvgIpc) is 2.64. The highest BCUT2D eigenvalue weighted by Gasteiger charge is 2.42. The second-order valence-electron chi connectivity index (χ2n) is 4.79. The summed E-state index contributed by atoms with van der Waals surface area (Å²) in [7, 11) is 0. The summed E-state index contributed by atoms with van der Waals surface area (Å²) < 4.78 is 2.07. The van der Waals surface area contributed by atoms with Crippen LogP contribution >= 0.6 is 11.3 Å². The highest BCUT2D eigenvalue weighted by atomic mass is 32.1. The lowest BCUT2D eigenvalue weighted by Gasteiger charge is -2.16. The highest BCUT2D eigenvalue weighted by Crippen LogP contribution is 2.48. The predicted octanol–water partition coefficient (Wildman–Crippen LogP) is 2.07. The van der Waals surface area contributed by atoms with Gasteiger partial charge in [0.15, 0.2) is 4.96 Å². The number of imidazole rings is 1. The van der Waals surface area contributed by atoms with E-state index in [2.05, 4.69) is 22.5 Å². The van der Waals surface area contributed by atoms with Gasteiger partial charge in [-0.25, -0.2) is 4.98 Å². The van der Waals surface area contributed by atoms with E-state index in [1.807, 2.05) is 11.6 Å². The lowest BCUT2D eigenvalue weighted by Crippen LogP contribution is -2.31. The van der Waals surface area contributed by atoms with Gasteiger partial charge in [-0.3, -0.25) is 4.40 Å². The van der Waals surface area contributed by atoms with E-state index in [-0.39, 0.29) is 6.04 Å². The molecule has 0 radical (unpaired) electrons. The molecule has 0 aromatic carbocycles. The Morgan fingerprint density at radius 2 is 2.47 bits per heavy atom. The van der Waals surface area contributed by atoms with Crippen LogP contribution in [-0.4, -0.2) is 15.4 Å². The molecule has 0 aliphatic heterocycles. The second kappa shape index (κ2) is 3.06. The molecule has 3 nitrogen and oxygen atoms in total. The maximum Gasteiger partial charge on any atom is 0.193 e. The van der Waals surface area contributed by atoms with Crippen LogP contribution in [0, 0.1) is 5.41 Å². The summed E-state index contributed by atoms with van der Waals surface area (Å²) in [5, 5.41) is 2.05. The molecule has 1 atom stereocenters. The van der Waals surface area contributed by atoms with Gasteiger partial charge in [0.2, 0.25) is 0 Å². The average molecular weight is 221 g/mol. The molecule has 1 unspecified atom stereocenters. The van der Waals surface area contributed by atoms with Gasteiger partial charge in [0.25, 0.3) is 0 Å². The zero-order valence-corrected chi connectivity index (χ0v) is 9.63. The molecule has 3 rings (SSSR count). The number of fused-ring (bicyclic) bond motifs is 1. The molecule has 15 heavy (non-hydrogen) atoms. The third-order valence-corrected chi connectivity index (χ3v) is 4.28. The molecule has 1 fully saturated rings. The fraction of sp³-hybridized carbons (Fsp3) is 0.545. The smallest absolute Gasteiger partial charge is 0.193 e. The van der Waals surface area contributed by atoms with Crippen LogP contribution in [-0.2, 0) is 6.42 Å². The Kier molecular flexibility index (Phi) is 1.91. The topological polar surface area (TPSA) is 43.3 Å². The van der Waals surface area contributed by atoms with Gasteiger partial charge in [-0.1, -0.05) is 6.92 Å². The molecule has 1 saturated carbocycles. The first-order valence-corrected chi connectivity index (χ1v) is 6.22. The molecule has 4 heteroatoms. The van der Waals surface area contributed by atoms with E-state index in [0.29, 0.717) is 5.41 Å². The molecule has 2 aromatic heterocycles. The van der Waals surface area contributed by atoms with Crippen LogP contribution in [0.2, 0.25) is 0 Å². The Morgan fingerprint density at radius 1 is 1.67 bits per heavy atom. The van der Waals surface area contributed by atoms with Crippen LogP contribution in [0.4, 0.5) is 0 Å². The van der Waals surface area contributed by atoms with Gasteiger partial charge >= 0.3 is 0 Å². The number of hydrogen-bond donors (Lipinski definition) is 1. The Labute approximate surface area is 92.9 Å². The number of hydrogen-bond acceptors (Lipinski definition) is 3. The molecular weight excluding hydrogens is 206 g/mol. The monoisotopic (exact) mass is 221 g/mol. The van der Waals surface area contributed by atoms with E-state index in [9.17, 15) is 0 Å². The Hall–Kier alpha value is -0.870. The molecule has 0 spiro atoms. The van der Waals surface area contributed by atoms with Crippen molar-refractivity contribution in [2.75, 3.05) is 0 Å². The van der Waals surface area contributed by atoms with E-state index in [0.717, 1.165) is 17.1 Å². The van der Waals surface area contributed by atoms with Gasteiger partial charge in [-0.2, -0.15) is 0 Å². The van der Waals surface area contributed by atoms with Gasteiger partial charge in [-0.15, -0.1) is 11.3 Å². The molecule has 0 bridgehead atoms. The SMILES string of the molecule is CC1(C(N)Cc2cn3ccsc3n2)CC1. The van der Waals surface area contributed by atoms with Gasteiger partial charge < -0.3 is 5.73 Å². The van der Waals surface area contributed by atoms with E-state index in [1.165, 1.54) is 12.8 Å². The van der Waals surface area contributed by atoms with E-state index >= 15 is 0 Å². The van der Waals surface area contributed by atoms with Crippen LogP contribution in [0.15, 0.2) is 17.8 Å². The van der Waals surface area contributed by atoms with E-state index in [1.54, 1.807) is 11.3 Å². The second-order valence-corrected chi connectivity index (χ2v) is 5.66. The highest BCUT2D eigenvalue weighted by molar-refractivity contribution is 7.15. The fourth-order valence-corrected chi connectivity index (χ4v) is 2.63. The maximum absolute atomic E-state index is 6.19. The Balaban J connectivity index is 1.80. The normalized spacial score (nSPS) is 20.7. The number of nitrogens with zero attached hydrogens (tertiary/aromatic N) is 2. The van der Waals surface area contributed by atoms with Gasteiger partial charge in [0.05, 0.1) is 5.69 Å². The van der Waals surface area contributed by atoms with E-state index < -0.39 is 0 Å². The lowest BCUT2D eigenvalue weighted by molar-refractivity contribution is 0.430. The first-order valence-electron chi connectivity index (χ1n) is 5.34. The van der Waals surface area contributed by atoms with Crippen LogP contribution < -0.4 is 5.73 Å². The van der Waals surface area contributed by atoms with Crippen molar-refractivity contribution in [3.8, 4) is 0 Å². The zero-order chi connectivity index (χ0) is 10.5. The Morgan fingerprint density at radius 3 is 3.13 bits per heavy atom. The standard InChI is InChI=1S/C11H15N3S/c1-11(2-3-11)9(12)6-8-7-14-4-5-15-10(14)13-8/h4-5,7,9H,2-3,6,12H2,1H3. The summed E-state index contributed by atoms with van der Waals surface area (Å²) >= 11 is 1.67. The van der Waals surface area contributed by atoms with Crippen molar-refractivity contribution >= 4 is 16.3 Å². The third kappa shape index (κ3) is 1.58. The van der Waals surface area contributed by atoms with Crippen LogP contribution in [0.25, 0.3) is 4.96 Å². The summed E-state index contributed by atoms with van der Waals surface area (Å²) in [6.07, 6.45) is 7.59. The zero-order valence-electron chi connectivity index (χ0n) is 8.81. The molecule has 2 aromatic rings. The molecule has 0 saturated heterocycles. The minimum absolute atomic E-state index is 0.266. The maximum atomic E-state index is 6.19. The fourth-order valence-electron chi connectivity index (χ4n) is 1.91. The van der Waals surface area contributed by atoms with Crippen molar-refractivity contribution in [3.05, 3.63) is 23.5 Å². The minimum Gasteiger partial charge on any atom is -0.327 e. The molecule has 1 aliphatic rings. The summed E-state index contributed by atoms with van der Waals surface area (Å²) in [5.41, 5.74) is 7.70. The predicted molar refractivity (Wildman–Crippen MR) is 62.1 cm³/mol. The summed E-state index contributed by atoms with van der Waals surface area (Å²) in [4.78, 5) is 5.62. The number of thiazole rings is 1. The molecule has 80 valence electrons. The van der Waals surface area contributed by atoms with Gasteiger partial charge in [0.1, 0.15) is 0 Å². The van der Waals surface area contributed by atoms with Gasteiger partial charge in [0, 0.05) is 30.2 Å².